The standard InChI is InChI=1S/C14H25N3/c1-5-8-17(4)14-6-7-16-13(9-14)11-15-10-12(2)3/h6-7,9,12,15H,5,8,10-11H2,1-4H3. The van der Waals surface area contributed by atoms with E-state index in [9.17, 15) is 0 Å². The van der Waals surface area contributed by atoms with Crippen LogP contribution < -0.4 is 10.2 Å². The third kappa shape index (κ3) is 5.18. The Morgan fingerprint density at radius 1 is 1.41 bits per heavy atom. The number of nitrogens with one attached hydrogen (secondary N) is 1. The molecule has 3 heteroatoms. The lowest BCUT2D eigenvalue weighted by atomic mass is 10.2. The maximum absolute atomic E-state index is 4.39. The highest BCUT2D eigenvalue weighted by Gasteiger charge is 2.02. The van der Waals surface area contributed by atoms with Crippen molar-refractivity contribution in [3.63, 3.8) is 0 Å². The van der Waals surface area contributed by atoms with Crippen LogP contribution in [0.5, 0.6) is 0 Å². The molecule has 17 heavy (non-hydrogen) atoms. The van der Waals surface area contributed by atoms with E-state index >= 15 is 0 Å². The van der Waals surface area contributed by atoms with E-state index in [1.165, 1.54) is 12.1 Å². The number of hydrogen-bond acceptors (Lipinski definition) is 3. The van der Waals surface area contributed by atoms with E-state index in [-0.39, 0.29) is 0 Å². The summed E-state index contributed by atoms with van der Waals surface area (Å²) >= 11 is 0. The quantitative estimate of drug-likeness (QED) is 0.787. The molecule has 0 amide bonds. The lowest BCUT2D eigenvalue weighted by molar-refractivity contribution is 0.548. The molecule has 1 rings (SSSR count). The monoisotopic (exact) mass is 235 g/mol. The molecule has 0 atom stereocenters. The lowest BCUT2D eigenvalue weighted by Crippen LogP contribution is -2.21. The van der Waals surface area contributed by atoms with Gasteiger partial charge in [0.05, 0.1) is 5.69 Å². The zero-order valence-electron chi connectivity index (χ0n) is 11.5. The summed E-state index contributed by atoms with van der Waals surface area (Å²) in [6, 6.07) is 4.24. The van der Waals surface area contributed by atoms with Crippen molar-refractivity contribution in [3.05, 3.63) is 24.0 Å². The summed E-state index contributed by atoms with van der Waals surface area (Å²) in [5.41, 5.74) is 2.37. The highest BCUT2D eigenvalue weighted by atomic mass is 15.1. The minimum absolute atomic E-state index is 0.681. The zero-order chi connectivity index (χ0) is 12.7. The Kier molecular flexibility index (Phi) is 5.98. The molecule has 3 nitrogen and oxygen atoms in total. The maximum atomic E-state index is 4.39. The number of nitrogens with zero attached hydrogens (tertiary/aromatic N) is 2. The molecule has 0 fully saturated rings. The fourth-order valence-electron chi connectivity index (χ4n) is 1.75. The summed E-state index contributed by atoms with van der Waals surface area (Å²) in [5.74, 6) is 0.681. The van der Waals surface area contributed by atoms with Gasteiger partial charge in [0.15, 0.2) is 0 Å². The second-order valence-corrected chi connectivity index (χ2v) is 4.95. The van der Waals surface area contributed by atoms with Crippen LogP contribution >= 0.6 is 0 Å². The van der Waals surface area contributed by atoms with Crippen LogP contribution in [0, 0.1) is 5.92 Å². The van der Waals surface area contributed by atoms with Crippen LogP contribution in [0.15, 0.2) is 18.3 Å². The van der Waals surface area contributed by atoms with Crippen molar-refractivity contribution in [2.75, 3.05) is 25.0 Å². The van der Waals surface area contributed by atoms with Crippen molar-refractivity contribution in [2.45, 2.75) is 33.7 Å². The van der Waals surface area contributed by atoms with Gasteiger partial charge in [-0.25, -0.2) is 0 Å². The summed E-state index contributed by atoms with van der Waals surface area (Å²) < 4.78 is 0. The zero-order valence-corrected chi connectivity index (χ0v) is 11.5. The van der Waals surface area contributed by atoms with Gasteiger partial charge in [-0.1, -0.05) is 20.8 Å². The average molecular weight is 235 g/mol. The summed E-state index contributed by atoms with van der Waals surface area (Å²) in [6.45, 7) is 9.60. The molecule has 0 aliphatic carbocycles. The Morgan fingerprint density at radius 2 is 2.18 bits per heavy atom. The largest absolute Gasteiger partial charge is 0.375 e. The number of rotatable bonds is 7. The fourth-order valence-corrected chi connectivity index (χ4v) is 1.75. The second-order valence-electron chi connectivity index (χ2n) is 4.95. The van der Waals surface area contributed by atoms with Gasteiger partial charge in [-0.3, -0.25) is 4.98 Å². The second kappa shape index (κ2) is 7.28. The fraction of sp³-hybridized carbons (Fsp3) is 0.643. The number of anilines is 1. The predicted molar refractivity (Wildman–Crippen MR) is 74.3 cm³/mol. The highest BCUT2D eigenvalue weighted by molar-refractivity contribution is 5.45. The Balaban J connectivity index is 2.53. The summed E-state index contributed by atoms with van der Waals surface area (Å²) in [5, 5.41) is 3.42. The molecule has 0 saturated carbocycles. The van der Waals surface area contributed by atoms with Gasteiger partial charge >= 0.3 is 0 Å². The van der Waals surface area contributed by atoms with Crippen LogP contribution in [-0.2, 0) is 6.54 Å². The lowest BCUT2D eigenvalue weighted by Gasteiger charge is -2.18. The van der Waals surface area contributed by atoms with E-state index in [0.717, 1.165) is 25.3 Å². The third-order valence-corrected chi connectivity index (χ3v) is 2.66. The van der Waals surface area contributed by atoms with Gasteiger partial charge in [-0.2, -0.15) is 0 Å². The Labute approximate surface area is 105 Å². The number of pyridine rings is 1. The molecule has 0 bridgehead atoms. The van der Waals surface area contributed by atoms with Gasteiger partial charge in [0, 0.05) is 32.0 Å². The minimum Gasteiger partial charge on any atom is -0.375 e. The van der Waals surface area contributed by atoms with E-state index in [4.69, 9.17) is 0 Å². The topological polar surface area (TPSA) is 28.2 Å². The van der Waals surface area contributed by atoms with Crippen LogP contribution in [0.1, 0.15) is 32.9 Å². The molecule has 1 aromatic rings. The van der Waals surface area contributed by atoms with E-state index in [1.54, 1.807) is 0 Å². The highest BCUT2D eigenvalue weighted by Crippen LogP contribution is 2.13. The van der Waals surface area contributed by atoms with Crippen molar-refractivity contribution < 1.29 is 0 Å². The van der Waals surface area contributed by atoms with Crippen LogP contribution in [-0.4, -0.2) is 25.1 Å². The van der Waals surface area contributed by atoms with E-state index < -0.39 is 0 Å². The summed E-state index contributed by atoms with van der Waals surface area (Å²) in [4.78, 5) is 6.66. The van der Waals surface area contributed by atoms with Crippen molar-refractivity contribution in [2.24, 2.45) is 5.92 Å². The molecule has 1 N–H and O–H groups in total. The van der Waals surface area contributed by atoms with Gasteiger partial charge < -0.3 is 10.2 Å². The van der Waals surface area contributed by atoms with Crippen LogP contribution in [0.2, 0.25) is 0 Å². The number of hydrogen-bond donors (Lipinski definition) is 1. The smallest absolute Gasteiger partial charge is 0.0562 e. The van der Waals surface area contributed by atoms with Crippen LogP contribution in [0.3, 0.4) is 0 Å². The first kappa shape index (κ1) is 14.0. The molecule has 1 aromatic heterocycles. The van der Waals surface area contributed by atoms with Crippen molar-refractivity contribution >= 4 is 5.69 Å². The van der Waals surface area contributed by atoms with Crippen molar-refractivity contribution in [1.29, 1.82) is 0 Å². The van der Waals surface area contributed by atoms with Gasteiger partial charge in [0.1, 0.15) is 0 Å². The molecule has 0 unspecified atom stereocenters. The van der Waals surface area contributed by atoms with Crippen molar-refractivity contribution in [3.8, 4) is 0 Å². The molecule has 0 aliphatic heterocycles. The van der Waals surface area contributed by atoms with Crippen LogP contribution in [0.4, 0.5) is 5.69 Å². The number of aromatic nitrogens is 1. The maximum Gasteiger partial charge on any atom is 0.0562 e. The minimum atomic E-state index is 0.681. The first-order valence-corrected chi connectivity index (χ1v) is 6.50. The Morgan fingerprint density at radius 3 is 2.82 bits per heavy atom. The molecular formula is C14H25N3. The normalized spacial score (nSPS) is 10.9. The first-order chi connectivity index (χ1) is 8.13. The van der Waals surface area contributed by atoms with Crippen LogP contribution in [0.25, 0.3) is 0 Å². The van der Waals surface area contributed by atoms with E-state index in [0.29, 0.717) is 5.92 Å². The van der Waals surface area contributed by atoms with E-state index in [2.05, 4.69) is 55.2 Å². The molecule has 0 aliphatic rings. The Bertz CT molecular complexity index is 323. The average Bonchev–Trinajstić information content (AvgIpc) is 2.29. The van der Waals surface area contributed by atoms with E-state index in [1.807, 2.05) is 6.20 Å². The molecule has 0 saturated heterocycles. The molecule has 0 radical (unpaired) electrons. The third-order valence-electron chi connectivity index (χ3n) is 2.66. The predicted octanol–water partition coefficient (Wildman–Crippen LogP) is 2.67. The van der Waals surface area contributed by atoms with Crippen molar-refractivity contribution in [1.82, 2.24) is 10.3 Å². The first-order valence-electron chi connectivity index (χ1n) is 6.50. The molecule has 1 heterocycles. The Hall–Kier alpha value is -1.09. The molecule has 0 aromatic carbocycles. The van der Waals surface area contributed by atoms with Gasteiger partial charge in [-0.15, -0.1) is 0 Å². The van der Waals surface area contributed by atoms with Gasteiger partial charge in [0.2, 0.25) is 0 Å². The van der Waals surface area contributed by atoms with Gasteiger partial charge in [-0.05, 0) is 31.0 Å². The summed E-state index contributed by atoms with van der Waals surface area (Å²) in [6.07, 6.45) is 3.06. The van der Waals surface area contributed by atoms with Gasteiger partial charge in [0.25, 0.3) is 0 Å². The molecule has 96 valence electrons. The molecule has 0 spiro atoms. The summed E-state index contributed by atoms with van der Waals surface area (Å²) in [7, 11) is 2.13. The SMILES string of the molecule is CCCN(C)c1ccnc(CNCC(C)C)c1. The molecular weight excluding hydrogens is 210 g/mol.